The number of carbonyl (C=O) groups is 1. The fourth-order valence-electron chi connectivity index (χ4n) is 0.980. The van der Waals surface area contributed by atoms with Crippen molar-refractivity contribution in [2.24, 2.45) is 5.73 Å². The molecular weight excluding hydrogens is 201 g/mol. The van der Waals surface area contributed by atoms with Crippen molar-refractivity contribution in [3.05, 3.63) is 29.6 Å². The number of carboxylic acids is 1. The predicted molar refractivity (Wildman–Crippen MR) is 52.2 cm³/mol. The largest absolute Gasteiger partial charge is 0.491 e. The van der Waals surface area contributed by atoms with Crippen molar-refractivity contribution < 1.29 is 19.0 Å². The molecule has 1 aromatic rings. The van der Waals surface area contributed by atoms with Crippen molar-refractivity contribution in [3.8, 4) is 5.75 Å². The molecule has 1 unspecified atom stereocenters. The minimum atomic E-state index is -1.15. The highest BCUT2D eigenvalue weighted by Crippen LogP contribution is 2.18. The summed E-state index contributed by atoms with van der Waals surface area (Å²) in [6.07, 6.45) is 0. The van der Waals surface area contributed by atoms with Crippen molar-refractivity contribution in [2.45, 2.75) is 13.0 Å². The van der Waals surface area contributed by atoms with E-state index in [1.807, 2.05) is 0 Å². The van der Waals surface area contributed by atoms with Crippen LogP contribution in [0, 0.1) is 12.7 Å². The first-order valence-electron chi connectivity index (χ1n) is 4.38. The zero-order valence-electron chi connectivity index (χ0n) is 8.24. The lowest BCUT2D eigenvalue weighted by Gasteiger charge is -2.11. The summed E-state index contributed by atoms with van der Waals surface area (Å²) >= 11 is 0. The molecule has 15 heavy (non-hydrogen) atoms. The van der Waals surface area contributed by atoms with Gasteiger partial charge in [0.1, 0.15) is 24.2 Å². The Morgan fingerprint density at radius 3 is 2.93 bits per heavy atom. The number of carboxylic acid groups (broad SMARTS) is 1. The number of aryl methyl sites for hydroxylation is 1. The fourth-order valence-corrected chi connectivity index (χ4v) is 0.980. The molecule has 0 aliphatic rings. The number of hydrogen-bond donors (Lipinski definition) is 2. The molecule has 5 heteroatoms. The Hall–Kier alpha value is -1.62. The predicted octanol–water partition coefficient (Wildman–Crippen LogP) is 0.925. The minimum absolute atomic E-state index is 0.181. The number of aliphatic carboxylic acids is 1. The van der Waals surface area contributed by atoms with E-state index in [1.165, 1.54) is 12.1 Å². The summed E-state index contributed by atoms with van der Waals surface area (Å²) in [7, 11) is 0. The lowest BCUT2D eigenvalue weighted by molar-refractivity contribution is -0.139. The lowest BCUT2D eigenvalue weighted by atomic mass is 10.2. The highest BCUT2D eigenvalue weighted by molar-refractivity contribution is 5.73. The summed E-state index contributed by atoms with van der Waals surface area (Å²) < 4.78 is 17.9. The van der Waals surface area contributed by atoms with Gasteiger partial charge in [0.2, 0.25) is 0 Å². The van der Waals surface area contributed by atoms with Crippen LogP contribution >= 0.6 is 0 Å². The molecule has 0 aliphatic carbocycles. The normalized spacial score (nSPS) is 12.2. The van der Waals surface area contributed by atoms with Crippen LogP contribution in [0.1, 0.15) is 5.56 Å². The molecule has 0 amide bonds. The molecule has 1 rings (SSSR count). The van der Waals surface area contributed by atoms with Crippen LogP contribution in [0.3, 0.4) is 0 Å². The molecule has 0 heterocycles. The van der Waals surface area contributed by atoms with E-state index < -0.39 is 17.8 Å². The van der Waals surface area contributed by atoms with E-state index in [0.29, 0.717) is 5.75 Å². The van der Waals surface area contributed by atoms with Gasteiger partial charge < -0.3 is 15.6 Å². The van der Waals surface area contributed by atoms with E-state index in [9.17, 15) is 9.18 Å². The average Bonchev–Trinajstić information content (AvgIpc) is 2.18. The van der Waals surface area contributed by atoms with Gasteiger partial charge in [0.05, 0.1) is 0 Å². The van der Waals surface area contributed by atoms with Gasteiger partial charge in [-0.1, -0.05) is 6.07 Å². The van der Waals surface area contributed by atoms with Crippen LogP contribution in [0.5, 0.6) is 5.75 Å². The summed E-state index contributed by atoms with van der Waals surface area (Å²) in [6.45, 7) is 1.56. The van der Waals surface area contributed by atoms with Gasteiger partial charge in [-0.05, 0) is 18.6 Å². The van der Waals surface area contributed by atoms with Gasteiger partial charge in [-0.25, -0.2) is 4.39 Å². The molecule has 3 N–H and O–H groups in total. The zero-order valence-corrected chi connectivity index (χ0v) is 8.24. The third-order valence-electron chi connectivity index (χ3n) is 1.89. The third-order valence-corrected chi connectivity index (χ3v) is 1.89. The Morgan fingerprint density at radius 2 is 2.33 bits per heavy atom. The second-order valence-corrected chi connectivity index (χ2v) is 3.17. The number of halogens is 1. The Bertz CT molecular complexity index is 368. The summed E-state index contributed by atoms with van der Waals surface area (Å²) in [6, 6.07) is 2.95. The number of benzene rings is 1. The first-order valence-corrected chi connectivity index (χ1v) is 4.38. The molecule has 82 valence electrons. The summed E-state index contributed by atoms with van der Waals surface area (Å²) in [5.74, 6) is -1.27. The van der Waals surface area contributed by atoms with Gasteiger partial charge in [0.25, 0.3) is 0 Å². The topological polar surface area (TPSA) is 72.5 Å². The molecular formula is C10H12FNO3. The first-order chi connectivity index (χ1) is 7.00. The van der Waals surface area contributed by atoms with E-state index >= 15 is 0 Å². The second-order valence-electron chi connectivity index (χ2n) is 3.17. The maximum atomic E-state index is 12.8. The van der Waals surface area contributed by atoms with Gasteiger partial charge in [-0.2, -0.15) is 0 Å². The highest BCUT2D eigenvalue weighted by atomic mass is 19.1. The Balaban J connectivity index is 2.65. The molecule has 4 nitrogen and oxygen atoms in total. The summed E-state index contributed by atoms with van der Waals surface area (Å²) in [4.78, 5) is 10.4. The van der Waals surface area contributed by atoms with Crippen LogP contribution in [-0.4, -0.2) is 23.7 Å². The maximum Gasteiger partial charge on any atom is 0.324 e. The highest BCUT2D eigenvalue weighted by Gasteiger charge is 2.12. The standard InChI is InChI=1S/C10H12FNO3/c1-6-2-3-7(11)4-9(6)15-5-8(12)10(13)14/h2-4,8H,5,12H2,1H3,(H,13,14). The first kappa shape index (κ1) is 11.5. The van der Waals surface area contributed by atoms with Crippen LogP contribution in [0.2, 0.25) is 0 Å². The maximum absolute atomic E-state index is 12.8. The van der Waals surface area contributed by atoms with E-state index in [1.54, 1.807) is 13.0 Å². The molecule has 0 spiro atoms. The minimum Gasteiger partial charge on any atom is -0.491 e. The fraction of sp³-hybridized carbons (Fsp3) is 0.300. The van der Waals surface area contributed by atoms with E-state index in [-0.39, 0.29) is 6.61 Å². The van der Waals surface area contributed by atoms with Crippen molar-refractivity contribution in [2.75, 3.05) is 6.61 Å². The van der Waals surface area contributed by atoms with Crippen molar-refractivity contribution in [1.29, 1.82) is 0 Å². The van der Waals surface area contributed by atoms with Gasteiger partial charge in [-0.15, -0.1) is 0 Å². The smallest absolute Gasteiger partial charge is 0.324 e. The van der Waals surface area contributed by atoms with E-state index in [2.05, 4.69) is 0 Å². The molecule has 0 fully saturated rings. The van der Waals surface area contributed by atoms with Crippen molar-refractivity contribution in [1.82, 2.24) is 0 Å². The quantitative estimate of drug-likeness (QED) is 0.780. The van der Waals surface area contributed by atoms with Crippen LogP contribution in [0.4, 0.5) is 4.39 Å². The molecule has 0 aliphatic heterocycles. The molecule has 0 saturated carbocycles. The Morgan fingerprint density at radius 1 is 1.67 bits per heavy atom. The number of hydrogen-bond acceptors (Lipinski definition) is 3. The second kappa shape index (κ2) is 4.75. The van der Waals surface area contributed by atoms with Crippen molar-refractivity contribution in [3.63, 3.8) is 0 Å². The van der Waals surface area contributed by atoms with Crippen LogP contribution in [0.15, 0.2) is 18.2 Å². The monoisotopic (exact) mass is 213 g/mol. The van der Waals surface area contributed by atoms with Gasteiger partial charge >= 0.3 is 5.97 Å². The van der Waals surface area contributed by atoms with Gasteiger partial charge in [0, 0.05) is 6.07 Å². The SMILES string of the molecule is Cc1ccc(F)cc1OCC(N)C(=O)O. The molecule has 1 atom stereocenters. The van der Waals surface area contributed by atoms with Gasteiger partial charge in [-0.3, -0.25) is 4.79 Å². The van der Waals surface area contributed by atoms with E-state index in [0.717, 1.165) is 5.56 Å². The molecule has 0 saturated heterocycles. The van der Waals surface area contributed by atoms with Crippen LogP contribution in [-0.2, 0) is 4.79 Å². The lowest BCUT2D eigenvalue weighted by Crippen LogP contribution is -2.36. The zero-order chi connectivity index (χ0) is 11.4. The van der Waals surface area contributed by atoms with Gasteiger partial charge in [0.15, 0.2) is 0 Å². The average molecular weight is 213 g/mol. The molecule has 1 aromatic carbocycles. The Kier molecular flexibility index (Phi) is 3.62. The third kappa shape index (κ3) is 3.21. The number of rotatable bonds is 4. The summed E-state index contributed by atoms with van der Waals surface area (Å²) in [5, 5.41) is 8.50. The van der Waals surface area contributed by atoms with Crippen LogP contribution in [0.25, 0.3) is 0 Å². The number of nitrogens with two attached hydrogens (primary N) is 1. The molecule has 0 bridgehead atoms. The van der Waals surface area contributed by atoms with E-state index in [4.69, 9.17) is 15.6 Å². The molecule has 0 aromatic heterocycles. The number of ether oxygens (including phenoxy) is 1. The van der Waals surface area contributed by atoms with Crippen LogP contribution < -0.4 is 10.5 Å². The van der Waals surface area contributed by atoms with Crippen molar-refractivity contribution >= 4 is 5.97 Å². The summed E-state index contributed by atoms with van der Waals surface area (Å²) in [5.41, 5.74) is 5.96. The Labute approximate surface area is 86.5 Å². The molecule has 0 radical (unpaired) electrons.